The Morgan fingerprint density at radius 2 is 2.15 bits per heavy atom. The van der Waals surface area contributed by atoms with Crippen LogP contribution in [0.5, 0.6) is 5.75 Å². The minimum Gasteiger partial charge on any atom is -0.490 e. The number of aliphatic hydroxyl groups is 1. The van der Waals surface area contributed by atoms with Gasteiger partial charge in [-0.2, -0.15) is 0 Å². The molecule has 1 aromatic rings. The predicted molar refractivity (Wildman–Crippen MR) is 82.3 cm³/mol. The number of hydrogen-bond acceptors (Lipinski definition) is 3. The average molecular weight is 277 g/mol. The van der Waals surface area contributed by atoms with Crippen molar-refractivity contribution in [2.24, 2.45) is 0 Å². The summed E-state index contributed by atoms with van der Waals surface area (Å²) in [4.78, 5) is 0. The Morgan fingerprint density at radius 3 is 2.80 bits per heavy atom. The smallest absolute Gasteiger partial charge is 0.120 e. The number of aliphatic hydroxyl groups excluding tert-OH is 1. The molecule has 2 atom stereocenters. The van der Waals surface area contributed by atoms with Crippen LogP contribution >= 0.6 is 0 Å². The van der Waals surface area contributed by atoms with Crippen molar-refractivity contribution in [2.45, 2.75) is 58.1 Å². The highest BCUT2D eigenvalue weighted by molar-refractivity contribution is 5.34. The highest BCUT2D eigenvalue weighted by Gasteiger charge is 2.39. The molecular formula is C17H27NO2. The molecule has 0 saturated heterocycles. The number of benzene rings is 1. The normalized spacial score (nSPS) is 25.9. The predicted octanol–water partition coefficient (Wildman–Crippen LogP) is 2.97. The highest BCUT2D eigenvalue weighted by atomic mass is 16.5. The van der Waals surface area contributed by atoms with Crippen molar-refractivity contribution in [1.82, 2.24) is 5.32 Å². The van der Waals surface area contributed by atoms with Crippen molar-refractivity contribution in [2.75, 3.05) is 13.2 Å². The molecule has 2 N–H and O–H groups in total. The fourth-order valence-electron chi connectivity index (χ4n) is 2.91. The molecule has 0 radical (unpaired) electrons. The molecule has 1 aromatic carbocycles. The van der Waals surface area contributed by atoms with E-state index in [1.54, 1.807) is 0 Å². The summed E-state index contributed by atoms with van der Waals surface area (Å²) in [6.07, 6.45) is 4.16. The first-order valence-corrected chi connectivity index (χ1v) is 7.68. The van der Waals surface area contributed by atoms with Crippen LogP contribution < -0.4 is 10.1 Å². The Labute approximate surface area is 122 Å². The van der Waals surface area contributed by atoms with Crippen LogP contribution in [0.15, 0.2) is 18.2 Å². The Bertz CT molecular complexity index is 447. The van der Waals surface area contributed by atoms with Crippen LogP contribution in [0.25, 0.3) is 0 Å². The summed E-state index contributed by atoms with van der Waals surface area (Å²) >= 11 is 0. The quantitative estimate of drug-likeness (QED) is 0.840. The minimum atomic E-state index is -0.138. The molecule has 0 bridgehead atoms. The van der Waals surface area contributed by atoms with Gasteiger partial charge in [0.1, 0.15) is 11.9 Å². The maximum atomic E-state index is 9.69. The lowest BCUT2D eigenvalue weighted by molar-refractivity contribution is 0.140. The van der Waals surface area contributed by atoms with Gasteiger partial charge >= 0.3 is 0 Å². The lowest BCUT2D eigenvalue weighted by Crippen LogP contribution is -2.47. The zero-order valence-electron chi connectivity index (χ0n) is 12.9. The first-order valence-electron chi connectivity index (χ1n) is 7.68. The van der Waals surface area contributed by atoms with Crippen molar-refractivity contribution in [3.05, 3.63) is 29.3 Å². The van der Waals surface area contributed by atoms with Crippen LogP contribution in [0.3, 0.4) is 0 Å². The second kappa shape index (κ2) is 6.59. The van der Waals surface area contributed by atoms with E-state index in [-0.39, 0.29) is 18.2 Å². The molecule has 1 fully saturated rings. The van der Waals surface area contributed by atoms with Crippen LogP contribution in [0.1, 0.15) is 43.7 Å². The van der Waals surface area contributed by atoms with E-state index in [1.807, 2.05) is 6.07 Å². The number of aryl methyl sites for hydroxylation is 2. The van der Waals surface area contributed by atoms with Crippen LogP contribution in [0.2, 0.25) is 0 Å². The molecule has 1 aliphatic carbocycles. The molecule has 3 nitrogen and oxygen atoms in total. The Morgan fingerprint density at radius 1 is 1.35 bits per heavy atom. The number of hydrogen-bond donors (Lipinski definition) is 2. The van der Waals surface area contributed by atoms with Gasteiger partial charge in [0.2, 0.25) is 0 Å². The van der Waals surface area contributed by atoms with Gasteiger partial charge in [-0.05, 0) is 62.9 Å². The van der Waals surface area contributed by atoms with E-state index >= 15 is 0 Å². The maximum absolute atomic E-state index is 9.69. The fourth-order valence-corrected chi connectivity index (χ4v) is 2.91. The largest absolute Gasteiger partial charge is 0.490 e. The molecule has 0 aromatic heterocycles. The topological polar surface area (TPSA) is 41.5 Å². The molecule has 2 unspecified atom stereocenters. The maximum Gasteiger partial charge on any atom is 0.120 e. The molecule has 0 amide bonds. The molecule has 0 aliphatic heterocycles. The summed E-state index contributed by atoms with van der Waals surface area (Å²) in [7, 11) is 0. The second-order valence-electron chi connectivity index (χ2n) is 6.09. The van der Waals surface area contributed by atoms with Gasteiger partial charge in [-0.3, -0.25) is 0 Å². The van der Waals surface area contributed by atoms with Gasteiger partial charge < -0.3 is 15.2 Å². The van der Waals surface area contributed by atoms with Crippen LogP contribution in [-0.2, 0) is 0 Å². The summed E-state index contributed by atoms with van der Waals surface area (Å²) in [5.74, 6) is 0.947. The van der Waals surface area contributed by atoms with Crippen molar-refractivity contribution < 1.29 is 9.84 Å². The Kier molecular flexibility index (Phi) is 5.06. The zero-order valence-corrected chi connectivity index (χ0v) is 12.9. The molecule has 2 rings (SSSR count). The monoisotopic (exact) mass is 277 g/mol. The first-order chi connectivity index (χ1) is 9.58. The van der Waals surface area contributed by atoms with Crippen LogP contribution in [0.4, 0.5) is 0 Å². The van der Waals surface area contributed by atoms with Gasteiger partial charge in [0, 0.05) is 12.0 Å². The Balaban J connectivity index is 1.96. The number of nitrogens with one attached hydrogen (secondary N) is 1. The van der Waals surface area contributed by atoms with Crippen molar-refractivity contribution in [3.8, 4) is 5.75 Å². The molecular weight excluding hydrogens is 250 g/mol. The SMILES string of the molecule is CCCNC1(CO)CCC(Oc2ccc(C)c(C)c2)C1. The van der Waals surface area contributed by atoms with Gasteiger partial charge in [-0.25, -0.2) is 0 Å². The van der Waals surface area contributed by atoms with Gasteiger partial charge in [0.15, 0.2) is 0 Å². The van der Waals surface area contributed by atoms with Gasteiger partial charge in [-0.1, -0.05) is 13.0 Å². The fraction of sp³-hybridized carbons (Fsp3) is 0.647. The van der Waals surface area contributed by atoms with E-state index in [0.717, 1.165) is 38.0 Å². The molecule has 1 saturated carbocycles. The molecule has 112 valence electrons. The summed E-state index contributed by atoms with van der Waals surface area (Å²) in [5.41, 5.74) is 2.41. The van der Waals surface area contributed by atoms with Crippen LogP contribution in [0, 0.1) is 13.8 Å². The molecule has 1 aliphatic rings. The summed E-state index contributed by atoms with van der Waals surface area (Å²) in [5, 5.41) is 13.2. The number of ether oxygens (including phenoxy) is 1. The third-order valence-electron chi connectivity index (χ3n) is 4.40. The van der Waals surface area contributed by atoms with Crippen LogP contribution in [-0.4, -0.2) is 29.9 Å². The zero-order chi connectivity index (χ0) is 14.6. The molecule has 0 spiro atoms. The van der Waals surface area contributed by atoms with Crippen molar-refractivity contribution in [1.29, 1.82) is 0 Å². The van der Waals surface area contributed by atoms with Crippen molar-refractivity contribution in [3.63, 3.8) is 0 Å². The van der Waals surface area contributed by atoms with E-state index in [0.29, 0.717) is 0 Å². The third kappa shape index (κ3) is 3.53. The Hall–Kier alpha value is -1.06. The van der Waals surface area contributed by atoms with Gasteiger partial charge in [0.25, 0.3) is 0 Å². The van der Waals surface area contributed by atoms with E-state index in [1.165, 1.54) is 11.1 Å². The van der Waals surface area contributed by atoms with Gasteiger partial charge in [0.05, 0.1) is 6.61 Å². The lowest BCUT2D eigenvalue weighted by Gasteiger charge is -2.28. The summed E-state index contributed by atoms with van der Waals surface area (Å²) in [6, 6.07) is 6.25. The third-order valence-corrected chi connectivity index (χ3v) is 4.40. The average Bonchev–Trinajstić information content (AvgIpc) is 2.85. The van der Waals surface area contributed by atoms with E-state index in [4.69, 9.17) is 4.74 Å². The highest BCUT2D eigenvalue weighted by Crippen LogP contribution is 2.33. The number of rotatable bonds is 6. The molecule has 20 heavy (non-hydrogen) atoms. The second-order valence-corrected chi connectivity index (χ2v) is 6.09. The lowest BCUT2D eigenvalue weighted by atomic mass is 9.98. The van der Waals surface area contributed by atoms with E-state index in [2.05, 4.69) is 38.2 Å². The van der Waals surface area contributed by atoms with E-state index < -0.39 is 0 Å². The van der Waals surface area contributed by atoms with E-state index in [9.17, 15) is 5.11 Å². The molecule has 0 heterocycles. The summed E-state index contributed by atoms with van der Waals surface area (Å²) in [6.45, 7) is 7.52. The standard InChI is InChI=1S/C17H27NO2/c1-4-9-18-17(12-19)8-7-16(11-17)20-15-6-5-13(2)14(3)10-15/h5-6,10,16,18-19H,4,7-9,11-12H2,1-3H3. The first kappa shape index (κ1) is 15.3. The molecule has 3 heteroatoms. The van der Waals surface area contributed by atoms with Gasteiger partial charge in [-0.15, -0.1) is 0 Å². The minimum absolute atomic E-state index is 0.138. The van der Waals surface area contributed by atoms with Crippen molar-refractivity contribution >= 4 is 0 Å². The summed E-state index contributed by atoms with van der Waals surface area (Å²) < 4.78 is 6.10.